The number of benzene rings is 2. The fourth-order valence-electron chi connectivity index (χ4n) is 2.87. The van der Waals surface area contributed by atoms with Gasteiger partial charge in [-0.2, -0.15) is 0 Å². The van der Waals surface area contributed by atoms with Crippen molar-refractivity contribution >= 4 is 21.4 Å². The van der Waals surface area contributed by atoms with Crippen molar-refractivity contribution in [3.8, 4) is 0 Å². The van der Waals surface area contributed by atoms with Gasteiger partial charge < -0.3 is 5.32 Å². The largest absolute Gasteiger partial charge is 0.323 e. The lowest BCUT2D eigenvalue weighted by Crippen LogP contribution is -2.25. The first kappa shape index (κ1) is 21.1. The molecule has 0 aromatic heterocycles. The highest BCUT2D eigenvalue weighted by atomic mass is 32.2. The molecule has 146 valence electrons. The molecule has 2 aromatic carbocycles. The number of rotatable bonds is 5. The van der Waals surface area contributed by atoms with Crippen LogP contribution in [0, 0.1) is 19.7 Å². The molecule has 0 aliphatic rings. The Morgan fingerprint density at radius 2 is 1.63 bits per heavy atom. The predicted molar refractivity (Wildman–Crippen MR) is 107 cm³/mol. The summed E-state index contributed by atoms with van der Waals surface area (Å²) < 4.78 is 38.6. The van der Waals surface area contributed by atoms with Crippen molar-refractivity contribution in [1.82, 2.24) is 0 Å². The first-order valence-electron chi connectivity index (χ1n) is 8.74. The quantitative estimate of drug-likeness (QED) is 0.827. The summed E-state index contributed by atoms with van der Waals surface area (Å²) in [5.74, 6) is -2.27. The van der Waals surface area contributed by atoms with Gasteiger partial charge in [0.25, 0.3) is 0 Å². The molecular weight excluding hydrogens is 365 g/mol. The van der Waals surface area contributed by atoms with Crippen LogP contribution in [0.15, 0.2) is 36.4 Å². The minimum absolute atomic E-state index is 0.0282. The van der Waals surface area contributed by atoms with Gasteiger partial charge in [0.15, 0.2) is 9.84 Å². The van der Waals surface area contributed by atoms with Gasteiger partial charge in [-0.3, -0.25) is 4.79 Å². The second-order valence-corrected chi connectivity index (χ2v) is 9.96. The second-order valence-electron chi connectivity index (χ2n) is 7.90. The Labute approximate surface area is 160 Å². The number of amides is 1. The van der Waals surface area contributed by atoms with Gasteiger partial charge in [-0.25, -0.2) is 12.8 Å². The first-order chi connectivity index (χ1) is 12.4. The maximum Gasteiger partial charge on any atom is 0.239 e. The third kappa shape index (κ3) is 5.63. The topological polar surface area (TPSA) is 63.2 Å². The molecule has 2 rings (SSSR count). The van der Waals surface area contributed by atoms with Crippen LogP contribution in [-0.4, -0.2) is 20.1 Å². The molecule has 0 saturated carbocycles. The average molecular weight is 392 g/mol. The molecule has 2 aromatic rings. The Morgan fingerprint density at radius 1 is 1.07 bits per heavy atom. The van der Waals surface area contributed by atoms with Gasteiger partial charge in [0, 0.05) is 0 Å². The maximum absolute atomic E-state index is 13.6. The molecule has 0 bridgehead atoms. The summed E-state index contributed by atoms with van der Waals surface area (Å²) in [6.45, 7) is 10.1. The Bertz CT molecular complexity index is 937. The highest BCUT2D eigenvalue weighted by Gasteiger charge is 2.22. The summed E-state index contributed by atoms with van der Waals surface area (Å²) in [6, 6.07) is 9.65. The minimum atomic E-state index is -3.69. The molecule has 6 heteroatoms. The van der Waals surface area contributed by atoms with Crippen molar-refractivity contribution in [2.45, 2.75) is 45.8 Å². The van der Waals surface area contributed by atoms with Crippen molar-refractivity contribution in [1.29, 1.82) is 0 Å². The van der Waals surface area contributed by atoms with E-state index in [1.54, 1.807) is 6.07 Å². The van der Waals surface area contributed by atoms with Gasteiger partial charge in [0.1, 0.15) is 11.6 Å². The molecule has 1 amide bonds. The molecule has 0 aliphatic heterocycles. The van der Waals surface area contributed by atoms with E-state index in [2.05, 4.69) is 26.1 Å². The van der Waals surface area contributed by atoms with E-state index < -0.39 is 27.3 Å². The van der Waals surface area contributed by atoms with Crippen molar-refractivity contribution in [2.75, 3.05) is 11.1 Å². The number of anilines is 1. The maximum atomic E-state index is 13.6. The molecule has 0 aliphatic carbocycles. The smallest absolute Gasteiger partial charge is 0.239 e. The summed E-state index contributed by atoms with van der Waals surface area (Å²) in [5, 5.41) is 2.32. The number of hydrogen-bond donors (Lipinski definition) is 1. The number of nitrogens with one attached hydrogen (secondary N) is 1. The van der Waals surface area contributed by atoms with Crippen LogP contribution >= 0.6 is 0 Å². The van der Waals surface area contributed by atoms with Gasteiger partial charge in [-0.05, 0) is 53.6 Å². The number of sulfone groups is 1. The van der Waals surface area contributed by atoms with E-state index in [4.69, 9.17) is 0 Å². The lowest BCUT2D eigenvalue weighted by molar-refractivity contribution is -0.113. The third-order valence-corrected chi connectivity index (χ3v) is 5.86. The molecule has 0 unspecified atom stereocenters. The second kappa shape index (κ2) is 7.80. The van der Waals surface area contributed by atoms with E-state index in [9.17, 15) is 17.6 Å². The molecule has 27 heavy (non-hydrogen) atoms. The van der Waals surface area contributed by atoms with E-state index in [0.717, 1.165) is 16.7 Å². The van der Waals surface area contributed by atoms with Gasteiger partial charge in [0.2, 0.25) is 5.91 Å². The number of hydrogen-bond acceptors (Lipinski definition) is 3. The van der Waals surface area contributed by atoms with Crippen molar-refractivity contribution in [3.05, 3.63) is 64.5 Å². The molecular formula is C21H26FNO3S. The summed E-state index contributed by atoms with van der Waals surface area (Å²) in [5.41, 5.74) is 3.56. The van der Waals surface area contributed by atoms with Crippen LogP contribution in [0.2, 0.25) is 0 Å². The lowest BCUT2D eigenvalue weighted by atomic mass is 9.84. The Morgan fingerprint density at radius 3 is 2.15 bits per heavy atom. The van der Waals surface area contributed by atoms with Crippen LogP contribution in [-0.2, 0) is 25.8 Å². The molecule has 0 fully saturated rings. The third-order valence-electron chi connectivity index (χ3n) is 4.43. The van der Waals surface area contributed by atoms with Crippen molar-refractivity contribution in [3.63, 3.8) is 0 Å². The standard InChI is InChI=1S/C21H26FNO3S/c1-14-10-16(21(3,4)5)11-15(2)17(14)12-27(25,26)13-20(24)23-19-9-7-6-8-18(19)22/h6-11H,12-13H2,1-5H3,(H,23,24). The number of aryl methyl sites for hydroxylation is 2. The minimum Gasteiger partial charge on any atom is -0.323 e. The van der Waals surface area contributed by atoms with Crippen molar-refractivity contribution < 1.29 is 17.6 Å². The highest BCUT2D eigenvalue weighted by Crippen LogP contribution is 2.28. The summed E-state index contributed by atoms with van der Waals surface area (Å²) in [7, 11) is -3.69. The zero-order chi connectivity index (χ0) is 20.4. The molecule has 0 heterocycles. The molecule has 0 radical (unpaired) electrons. The van der Waals surface area contributed by atoms with E-state index >= 15 is 0 Å². The fourth-order valence-corrected chi connectivity index (χ4v) is 4.34. The van der Waals surface area contributed by atoms with Crippen LogP contribution in [0.5, 0.6) is 0 Å². The van der Waals surface area contributed by atoms with Gasteiger partial charge in [0.05, 0.1) is 11.4 Å². The first-order valence-corrected chi connectivity index (χ1v) is 10.6. The number of halogens is 1. The van der Waals surface area contributed by atoms with Gasteiger partial charge >= 0.3 is 0 Å². The average Bonchev–Trinajstić information content (AvgIpc) is 2.51. The number of carbonyl (C=O) groups is 1. The highest BCUT2D eigenvalue weighted by molar-refractivity contribution is 7.91. The molecule has 0 spiro atoms. The molecule has 4 nitrogen and oxygen atoms in total. The summed E-state index contributed by atoms with van der Waals surface area (Å²) >= 11 is 0. The van der Waals surface area contributed by atoms with E-state index in [1.807, 2.05) is 26.0 Å². The lowest BCUT2D eigenvalue weighted by Gasteiger charge is -2.22. The van der Waals surface area contributed by atoms with Crippen LogP contribution in [0.25, 0.3) is 0 Å². The molecule has 1 N–H and O–H groups in total. The van der Waals surface area contributed by atoms with E-state index in [1.165, 1.54) is 18.2 Å². The van der Waals surface area contributed by atoms with Crippen LogP contribution < -0.4 is 5.32 Å². The Balaban J connectivity index is 2.17. The van der Waals surface area contributed by atoms with Gasteiger partial charge in [-0.1, -0.05) is 45.0 Å². The summed E-state index contributed by atoms with van der Waals surface area (Å²) in [6.07, 6.45) is 0. The SMILES string of the molecule is Cc1cc(C(C)(C)C)cc(C)c1CS(=O)(=O)CC(=O)Nc1ccccc1F. The summed E-state index contributed by atoms with van der Waals surface area (Å²) in [4.78, 5) is 12.1. The molecule has 0 atom stereocenters. The van der Waals surface area contributed by atoms with Crippen LogP contribution in [0.1, 0.15) is 43.0 Å². The Kier molecular flexibility index (Phi) is 6.10. The number of para-hydroxylation sites is 1. The van der Waals surface area contributed by atoms with Crippen LogP contribution in [0.4, 0.5) is 10.1 Å². The van der Waals surface area contributed by atoms with Gasteiger partial charge in [-0.15, -0.1) is 0 Å². The van der Waals surface area contributed by atoms with E-state index in [0.29, 0.717) is 5.56 Å². The van der Waals surface area contributed by atoms with Crippen molar-refractivity contribution in [2.24, 2.45) is 0 Å². The van der Waals surface area contributed by atoms with Crippen LogP contribution in [0.3, 0.4) is 0 Å². The zero-order valence-corrected chi connectivity index (χ0v) is 17.2. The number of carbonyl (C=O) groups excluding carboxylic acids is 1. The Hall–Kier alpha value is -2.21. The predicted octanol–water partition coefficient (Wildman–Crippen LogP) is 4.29. The zero-order valence-electron chi connectivity index (χ0n) is 16.4. The molecule has 0 saturated heterocycles. The monoisotopic (exact) mass is 391 g/mol. The fraction of sp³-hybridized carbons (Fsp3) is 0.381. The normalized spacial score (nSPS) is 12.1. The van der Waals surface area contributed by atoms with E-state index in [-0.39, 0.29) is 16.9 Å².